The van der Waals surface area contributed by atoms with Gasteiger partial charge in [0.25, 0.3) is 0 Å². The molecule has 0 aromatic heterocycles. The summed E-state index contributed by atoms with van der Waals surface area (Å²) in [6, 6.07) is 0. The molecule has 86 valence electrons. The normalized spacial score (nSPS) is 26.7. The zero-order valence-electron chi connectivity index (χ0n) is 8.91. The van der Waals surface area contributed by atoms with Gasteiger partial charge in [-0.3, -0.25) is 0 Å². The summed E-state index contributed by atoms with van der Waals surface area (Å²) >= 11 is 0. The second-order valence-corrected chi connectivity index (χ2v) is 4.44. The maximum Gasteiger partial charge on any atom is 0.335 e. The minimum Gasteiger partial charge on any atom is -0.479 e. The van der Waals surface area contributed by atoms with E-state index in [1.807, 2.05) is 0 Å². The summed E-state index contributed by atoms with van der Waals surface area (Å²) in [5.41, 5.74) is -0.887. The SMILES string of the molecule is O=C(O)C1(OC2CCOCC2)CCCC1. The molecule has 2 rings (SSSR count). The third-order valence-corrected chi connectivity index (χ3v) is 3.36. The van der Waals surface area contributed by atoms with Crippen LogP contribution in [0.5, 0.6) is 0 Å². The number of ether oxygens (including phenoxy) is 2. The van der Waals surface area contributed by atoms with E-state index in [2.05, 4.69) is 0 Å². The number of carboxylic acid groups (broad SMARTS) is 1. The monoisotopic (exact) mass is 214 g/mol. The predicted molar refractivity (Wildman–Crippen MR) is 53.8 cm³/mol. The summed E-state index contributed by atoms with van der Waals surface area (Å²) in [6.07, 6.45) is 5.00. The third-order valence-electron chi connectivity index (χ3n) is 3.36. The fraction of sp³-hybridized carbons (Fsp3) is 0.909. The highest BCUT2D eigenvalue weighted by Gasteiger charge is 2.44. The van der Waals surface area contributed by atoms with Gasteiger partial charge in [-0.25, -0.2) is 4.79 Å². The molecule has 1 saturated heterocycles. The molecule has 0 atom stereocenters. The Hall–Kier alpha value is -0.610. The first kappa shape index (κ1) is 10.9. The fourth-order valence-electron chi connectivity index (χ4n) is 2.44. The quantitative estimate of drug-likeness (QED) is 0.775. The molecular formula is C11H18O4. The predicted octanol–water partition coefficient (Wildman–Crippen LogP) is 1.58. The number of carboxylic acids is 1. The molecule has 1 saturated carbocycles. The first-order valence-electron chi connectivity index (χ1n) is 5.72. The second kappa shape index (κ2) is 4.49. The second-order valence-electron chi connectivity index (χ2n) is 4.44. The summed E-state index contributed by atoms with van der Waals surface area (Å²) in [5, 5.41) is 9.24. The van der Waals surface area contributed by atoms with Gasteiger partial charge in [0.05, 0.1) is 6.10 Å². The van der Waals surface area contributed by atoms with Crippen molar-refractivity contribution < 1.29 is 19.4 Å². The molecule has 0 amide bonds. The molecule has 1 aliphatic carbocycles. The van der Waals surface area contributed by atoms with Crippen LogP contribution >= 0.6 is 0 Å². The van der Waals surface area contributed by atoms with E-state index < -0.39 is 11.6 Å². The summed E-state index contributed by atoms with van der Waals surface area (Å²) in [4.78, 5) is 11.2. The molecular weight excluding hydrogens is 196 g/mol. The van der Waals surface area contributed by atoms with Gasteiger partial charge in [-0.1, -0.05) is 0 Å². The maximum absolute atomic E-state index is 11.2. The maximum atomic E-state index is 11.2. The van der Waals surface area contributed by atoms with Crippen molar-refractivity contribution in [3.63, 3.8) is 0 Å². The van der Waals surface area contributed by atoms with Crippen molar-refractivity contribution in [1.29, 1.82) is 0 Å². The highest BCUT2D eigenvalue weighted by atomic mass is 16.5. The summed E-state index contributed by atoms with van der Waals surface area (Å²) in [6.45, 7) is 1.39. The van der Waals surface area contributed by atoms with Crippen LogP contribution in [0, 0.1) is 0 Å². The van der Waals surface area contributed by atoms with Gasteiger partial charge in [-0.05, 0) is 38.5 Å². The Kier molecular flexibility index (Phi) is 3.26. The zero-order chi connectivity index (χ0) is 10.7. The molecule has 1 heterocycles. The number of rotatable bonds is 3. The molecule has 2 aliphatic rings. The van der Waals surface area contributed by atoms with Crippen molar-refractivity contribution >= 4 is 5.97 Å². The van der Waals surface area contributed by atoms with Crippen LogP contribution in [0.2, 0.25) is 0 Å². The zero-order valence-corrected chi connectivity index (χ0v) is 8.91. The lowest BCUT2D eigenvalue weighted by molar-refractivity contribution is -0.179. The average molecular weight is 214 g/mol. The molecule has 4 nitrogen and oxygen atoms in total. The molecule has 0 unspecified atom stereocenters. The van der Waals surface area contributed by atoms with Crippen LogP contribution < -0.4 is 0 Å². The van der Waals surface area contributed by atoms with Gasteiger partial charge in [0.2, 0.25) is 0 Å². The van der Waals surface area contributed by atoms with Crippen LogP contribution in [-0.4, -0.2) is 36.0 Å². The van der Waals surface area contributed by atoms with Crippen molar-refractivity contribution in [2.24, 2.45) is 0 Å². The molecule has 0 spiro atoms. The number of hydrogen-bond donors (Lipinski definition) is 1. The summed E-state index contributed by atoms with van der Waals surface area (Å²) < 4.78 is 11.1. The van der Waals surface area contributed by atoms with E-state index in [0.717, 1.165) is 25.7 Å². The van der Waals surface area contributed by atoms with E-state index in [4.69, 9.17) is 9.47 Å². The van der Waals surface area contributed by atoms with Gasteiger partial charge in [0.1, 0.15) is 0 Å². The summed E-state index contributed by atoms with van der Waals surface area (Å²) in [7, 11) is 0. The van der Waals surface area contributed by atoms with E-state index >= 15 is 0 Å². The lowest BCUT2D eigenvalue weighted by Crippen LogP contribution is -2.43. The first-order valence-corrected chi connectivity index (χ1v) is 5.72. The molecule has 4 heteroatoms. The molecule has 0 radical (unpaired) electrons. The fourth-order valence-corrected chi connectivity index (χ4v) is 2.44. The minimum absolute atomic E-state index is 0.0768. The Morgan fingerprint density at radius 2 is 1.87 bits per heavy atom. The lowest BCUT2D eigenvalue weighted by Gasteiger charge is -2.32. The Morgan fingerprint density at radius 3 is 2.40 bits per heavy atom. The Morgan fingerprint density at radius 1 is 1.27 bits per heavy atom. The number of aliphatic carboxylic acids is 1. The van der Waals surface area contributed by atoms with Gasteiger partial charge in [-0.2, -0.15) is 0 Å². The van der Waals surface area contributed by atoms with Gasteiger partial charge >= 0.3 is 5.97 Å². The van der Waals surface area contributed by atoms with Gasteiger partial charge in [-0.15, -0.1) is 0 Å². The van der Waals surface area contributed by atoms with Crippen LogP contribution in [0.15, 0.2) is 0 Å². The smallest absolute Gasteiger partial charge is 0.335 e. The van der Waals surface area contributed by atoms with Crippen LogP contribution in [-0.2, 0) is 14.3 Å². The summed E-state index contributed by atoms with van der Waals surface area (Å²) in [5.74, 6) is -0.786. The molecule has 1 N–H and O–H groups in total. The van der Waals surface area contributed by atoms with Crippen LogP contribution in [0.3, 0.4) is 0 Å². The molecule has 15 heavy (non-hydrogen) atoms. The van der Waals surface area contributed by atoms with Crippen molar-refractivity contribution in [3.05, 3.63) is 0 Å². The van der Waals surface area contributed by atoms with Gasteiger partial charge < -0.3 is 14.6 Å². The van der Waals surface area contributed by atoms with Gasteiger partial charge in [0, 0.05) is 13.2 Å². The molecule has 0 aromatic rings. The van der Waals surface area contributed by atoms with E-state index in [9.17, 15) is 9.90 Å². The lowest BCUT2D eigenvalue weighted by atomic mass is 10.0. The van der Waals surface area contributed by atoms with E-state index in [-0.39, 0.29) is 6.10 Å². The first-order chi connectivity index (χ1) is 7.23. The van der Waals surface area contributed by atoms with E-state index in [0.29, 0.717) is 26.1 Å². The van der Waals surface area contributed by atoms with E-state index in [1.165, 1.54) is 0 Å². The molecule has 2 fully saturated rings. The molecule has 0 bridgehead atoms. The average Bonchev–Trinajstić information content (AvgIpc) is 2.69. The molecule has 1 aliphatic heterocycles. The van der Waals surface area contributed by atoms with Crippen LogP contribution in [0.1, 0.15) is 38.5 Å². The van der Waals surface area contributed by atoms with Crippen molar-refractivity contribution in [3.8, 4) is 0 Å². The Labute approximate surface area is 89.6 Å². The van der Waals surface area contributed by atoms with Crippen molar-refractivity contribution in [2.75, 3.05) is 13.2 Å². The Balaban J connectivity index is 1.96. The third kappa shape index (κ3) is 2.32. The van der Waals surface area contributed by atoms with Crippen molar-refractivity contribution in [2.45, 2.75) is 50.2 Å². The largest absolute Gasteiger partial charge is 0.479 e. The van der Waals surface area contributed by atoms with E-state index in [1.54, 1.807) is 0 Å². The Bertz CT molecular complexity index is 227. The standard InChI is InChI=1S/C11H18O4/c12-10(13)11(5-1-2-6-11)15-9-3-7-14-8-4-9/h9H,1-8H2,(H,12,13). The van der Waals surface area contributed by atoms with Crippen molar-refractivity contribution in [1.82, 2.24) is 0 Å². The number of carbonyl (C=O) groups is 1. The topological polar surface area (TPSA) is 55.8 Å². The molecule has 0 aromatic carbocycles. The van der Waals surface area contributed by atoms with Gasteiger partial charge in [0.15, 0.2) is 5.60 Å². The highest BCUT2D eigenvalue weighted by Crippen LogP contribution is 2.35. The highest BCUT2D eigenvalue weighted by molar-refractivity contribution is 5.77. The van der Waals surface area contributed by atoms with Crippen LogP contribution in [0.25, 0.3) is 0 Å². The number of hydrogen-bond acceptors (Lipinski definition) is 3. The van der Waals surface area contributed by atoms with Crippen LogP contribution in [0.4, 0.5) is 0 Å². The minimum atomic E-state index is -0.887.